The third-order valence-corrected chi connectivity index (χ3v) is 5.33. The van der Waals surface area contributed by atoms with E-state index < -0.39 is 5.91 Å². The summed E-state index contributed by atoms with van der Waals surface area (Å²) in [6.07, 6.45) is 0. The number of halogens is 2. The van der Waals surface area contributed by atoms with Crippen LogP contribution in [0.3, 0.4) is 0 Å². The normalized spacial score (nSPS) is 10.7. The Morgan fingerprint density at radius 1 is 1.00 bits per heavy atom. The average molecular weight is 468 g/mol. The zero-order chi connectivity index (χ0) is 22.7. The van der Waals surface area contributed by atoms with Crippen LogP contribution in [0.25, 0.3) is 11.4 Å². The smallest absolute Gasteiger partial charge is 0.316 e. The monoisotopic (exact) mass is 467 g/mol. The van der Waals surface area contributed by atoms with Gasteiger partial charge in [0.1, 0.15) is 0 Å². The minimum atomic E-state index is -0.488. The third-order valence-electron chi connectivity index (χ3n) is 4.70. The first-order valence-electron chi connectivity index (χ1n) is 9.68. The summed E-state index contributed by atoms with van der Waals surface area (Å²) in [7, 11) is 0. The van der Waals surface area contributed by atoms with Crippen molar-refractivity contribution in [1.29, 1.82) is 0 Å². The number of hydrogen-bond donors (Lipinski definition) is 3. The molecule has 32 heavy (non-hydrogen) atoms. The fraction of sp³-hybridized carbons (Fsp3) is 0.0870. The standard InChI is InChI=1S/C23H19Cl2N5O2/c1-13-2-6-16(7-3-13)28-17-8-4-14(5-9-17)12-27-22(31)23-29-21(30-32-23)15-10-18(24)20(26)19(25)11-15/h2-11,28H,12,26H2,1H3,(H,27,31). The molecule has 0 saturated carbocycles. The van der Waals surface area contributed by atoms with E-state index in [-0.39, 0.29) is 27.4 Å². The van der Waals surface area contributed by atoms with Crippen molar-refractivity contribution < 1.29 is 9.32 Å². The van der Waals surface area contributed by atoms with Crippen LogP contribution < -0.4 is 16.4 Å². The zero-order valence-corrected chi connectivity index (χ0v) is 18.5. The highest BCUT2D eigenvalue weighted by Crippen LogP contribution is 2.32. The molecule has 4 N–H and O–H groups in total. The molecule has 0 radical (unpaired) electrons. The number of aromatic nitrogens is 2. The summed E-state index contributed by atoms with van der Waals surface area (Å²) >= 11 is 12.1. The summed E-state index contributed by atoms with van der Waals surface area (Å²) in [5, 5.41) is 10.4. The van der Waals surface area contributed by atoms with Crippen molar-refractivity contribution in [1.82, 2.24) is 15.5 Å². The van der Waals surface area contributed by atoms with Crippen molar-refractivity contribution >= 4 is 46.2 Å². The molecule has 0 aliphatic heterocycles. The number of hydrogen-bond acceptors (Lipinski definition) is 6. The molecule has 0 atom stereocenters. The van der Waals surface area contributed by atoms with E-state index in [1.807, 2.05) is 55.5 Å². The number of amides is 1. The number of carbonyl (C=O) groups excluding carboxylic acids is 1. The maximum absolute atomic E-state index is 12.4. The van der Waals surface area contributed by atoms with Gasteiger partial charge in [-0.1, -0.05) is 58.2 Å². The zero-order valence-electron chi connectivity index (χ0n) is 17.0. The maximum atomic E-state index is 12.4. The Kier molecular flexibility index (Phi) is 6.30. The van der Waals surface area contributed by atoms with E-state index in [1.165, 1.54) is 5.56 Å². The average Bonchev–Trinajstić information content (AvgIpc) is 3.28. The van der Waals surface area contributed by atoms with Crippen LogP contribution in [-0.2, 0) is 6.54 Å². The van der Waals surface area contributed by atoms with Gasteiger partial charge in [-0.25, -0.2) is 0 Å². The van der Waals surface area contributed by atoms with E-state index in [4.69, 9.17) is 33.5 Å². The maximum Gasteiger partial charge on any atom is 0.316 e. The number of nitrogens with two attached hydrogens (primary N) is 1. The Bertz CT molecular complexity index is 1230. The van der Waals surface area contributed by atoms with Gasteiger partial charge in [-0.15, -0.1) is 0 Å². The van der Waals surface area contributed by atoms with Gasteiger partial charge in [0.2, 0.25) is 5.82 Å². The lowest BCUT2D eigenvalue weighted by Gasteiger charge is -2.08. The van der Waals surface area contributed by atoms with Gasteiger partial charge < -0.3 is 20.9 Å². The number of carbonyl (C=O) groups is 1. The van der Waals surface area contributed by atoms with Gasteiger partial charge in [0.25, 0.3) is 0 Å². The number of benzene rings is 3. The van der Waals surface area contributed by atoms with Crippen LogP contribution >= 0.6 is 23.2 Å². The highest BCUT2D eigenvalue weighted by atomic mass is 35.5. The van der Waals surface area contributed by atoms with E-state index in [0.29, 0.717) is 12.1 Å². The van der Waals surface area contributed by atoms with Gasteiger partial charge in [-0.05, 0) is 48.9 Å². The number of nitrogen functional groups attached to an aromatic ring is 1. The minimum absolute atomic E-state index is 0.165. The molecule has 162 valence electrons. The van der Waals surface area contributed by atoms with Gasteiger partial charge in [-0.3, -0.25) is 4.79 Å². The van der Waals surface area contributed by atoms with Crippen LogP contribution in [0.1, 0.15) is 21.8 Å². The van der Waals surface area contributed by atoms with Crippen molar-refractivity contribution in [2.24, 2.45) is 0 Å². The van der Waals surface area contributed by atoms with E-state index in [1.54, 1.807) is 12.1 Å². The van der Waals surface area contributed by atoms with Crippen LogP contribution in [0.4, 0.5) is 17.1 Å². The molecule has 0 fully saturated rings. The van der Waals surface area contributed by atoms with Gasteiger partial charge in [-0.2, -0.15) is 4.98 Å². The quantitative estimate of drug-likeness (QED) is 0.318. The van der Waals surface area contributed by atoms with Crippen LogP contribution in [0.15, 0.2) is 65.2 Å². The van der Waals surface area contributed by atoms with Gasteiger partial charge in [0.05, 0.1) is 15.7 Å². The van der Waals surface area contributed by atoms with Crippen molar-refractivity contribution in [3.63, 3.8) is 0 Å². The Balaban J connectivity index is 1.36. The van der Waals surface area contributed by atoms with Crippen LogP contribution in [0.5, 0.6) is 0 Å². The summed E-state index contributed by atoms with van der Waals surface area (Å²) < 4.78 is 5.07. The summed E-state index contributed by atoms with van der Waals surface area (Å²) in [4.78, 5) is 16.5. The molecule has 7 nitrogen and oxygen atoms in total. The molecule has 1 amide bonds. The molecule has 1 heterocycles. The van der Waals surface area contributed by atoms with Crippen molar-refractivity contribution in [2.75, 3.05) is 11.1 Å². The molecule has 4 aromatic rings. The molecule has 9 heteroatoms. The van der Waals surface area contributed by atoms with Crippen molar-refractivity contribution in [3.8, 4) is 11.4 Å². The molecular weight excluding hydrogens is 449 g/mol. The molecule has 0 saturated heterocycles. The number of aryl methyl sites for hydroxylation is 1. The molecule has 0 bridgehead atoms. The highest BCUT2D eigenvalue weighted by molar-refractivity contribution is 6.39. The predicted octanol–water partition coefficient (Wildman–Crippen LogP) is 5.61. The molecule has 0 aliphatic carbocycles. The van der Waals surface area contributed by atoms with Crippen molar-refractivity contribution in [3.05, 3.63) is 87.7 Å². The van der Waals surface area contributed by atoms with Crippen molar-refractivity contribution in [2.45, 2.75) is 13.5 Å². The predicted molar refractivity (Wildman–Crippen MR) is 126 cm³/mol. The summed E-state index contributed by atoms with van der Waals surface area (Å²) in [6, 6.07) is 19.0. The van der Waals surface area contributed by atoms with E-state index >= 15 is 0 Å². The molecule has 0 unspecified atom stereocenters. The lowest BCUT2D eigenvalue weighted by atomic mass is 10.2. The Morgan fingerprint density at radius 2 is 1.59 bits per heavy atom. The largest absolute Gasteiger partial charge is 0.396 e. The van der Waals surface area contributed by atoms with Gasteiger partial charge in [0, 0.05) is 23.5 Å². The topological polar surface area (TPSA) is 106 Å². The summed E-state index contributed by atoms with van der Waals surface area (Å²) in [5.41, 5.74) is 10.6. The summed E-state index contributed by atoms with van der Waals surface area (Å²) in [5.74, 6) is -0.467. The fourth-order valence-electron chi connectivity index (χ4n) is 2.91. The molecule has 4 rings (SSSR count). The first-order valence-corrected chi connectivity index (χ1v) is 10.4. The first kappa shape index (κ1) is 21.7. The minimum Gasteiger partial charge on any atom is -0.396 e. The molecule has 0 spiro atoms. The molecule has 3 aromatic carbocycles. The SMILES string of the molecule is Cc1ccc(Nc2ccc(CNC(=O)c3nc(-c4cc(Cl)c(N)c(Cl)c4)no3)cc2)cc1. The Hall–Kier alpha value is -3.55. The second kappa shape index (κ2) is 9.30. The lowest BCUT2D eigenvalue weighted by molar-refractivity contribution is 0.0907. The molecular formula is C23H19Cl2N5O2. The third kappa shape index (κ3) is 5.01. The van der Waals surface area contributed by atoms with Crippen LogP contribution in [0.2, 0.25) is 10.0 Å². The van der Waals surface area contributed by atoms with E-state index in [2.05, 4.69) is 20.8 Å². The Morgan fingerprint density at radius 3 is 2.22 bits per heavy atom. The van der Waals surface area contributed by atoms with Gasteiger partial charge in [0.15, 0.2) is 0 Å². The van der Waals surface area contributed by atoms with Crippen LogP contribution in [-0.4, -0.2) is 16.0 Å². The van der Waals surface area contributed by atoms with E-state index in [9.17, 15) is 4.79 Å². The number of anilines is 3. The van der Waals surface area contributed by atoms with Gasteiger partial charge >= 0.3 is 11.8 Å². The molecule has 0 aliphatic rings. The number of rotatable bonds is 6. The second-order valence-electron chi connectivity index (χ2n) is 7.15. The highest BCUT2D eigenvalue weighted by Gasteiger charge is 2.17. The molecule has 1 aromatic heterocycles. The number of nitrogens with one attached hydrogen (secondary N) is 2. The Labute approximate surface area is 194 Å². The van der Waals surface area contributed by atoms with E-state index in [0.717, 1.165) is 16.9 Å². The first-order chi connectivity index (χ1) is 15.4. The fourth-order valence-corrected chi connectivity index (χ4v) is 3.40. The lowest BCUT2D eigenvalue weighted by Crippen LogP contribution is -2.23. The number of nitrogens with zero attached hydrogens (tertiary/aromatic N) is 2. The second-order valence-corrected chi connectivity index (χ2v) is 7.96. The van der Waals surface area contributed by atoms with Crippen LogP contribution in [0, 0.1) is 6.92 Å². The summed E-state index contributed by atoms with van der Waals surface area (Å²) in [6.45, 7) is 2.35.